The van der Waals surface area contributed by atoms with Crippen molar-refractivity contribution >= 4 is 51.7 Å². The fourth-order valence-electron chi connectivity index (χ4n) is 7.65. The molecule has 0 bridgehead atoms. The van der Waals surface area contributed by atoms with E-state index in [0.717, 1.165) is 42.9 Å². The molecule has 276 valence electrons. The van der Waals surface area contributed by atoms with E-state index in [1.54, 1.807) is 19.9 Å². The standard InChI is InChI=1S/C37H46N8O7/c1-36(2,51)30-21-39-43-45(30)27-20-29(33(48)42-37(31(46)32(38)47)14-16-52-17-15-37)44(22-27)34(49)28(18-23-8-4-3-5-9-23)41-35(50)40-26-13-12-24-10-6-7-11-25(24)19-26/h6-7,10-13,19,21,23,27,29,51H,3-5,8-9,14-18,20,22H2,1-2H3,(H2,38,47)(H,40,50)(H,42,48)/b41-28+/t27-,29-/m0/s1. The van der Waals surface area contributed by atoms with Crippen molar-refractivity contribution in [1.82, 2.24) is 25.2 Å². The number of fused-ring (bicyclic) bond motifs is 1. The number of carbonyl (C=O) groups excluding carboxylic acids is 5. The van der Waals surface area contributed by atoms with E-state index in [9.17, 15) is 29.1 Å². The molecule has 2 saturated heterocycles. The lowest BCUT2D eigenvalue weighted by Crippen LogP contribution is -2.63. The van der Waals surface area contributed by atoms with Gasteiger partial charge in [-0.05, 0) is 49.1 Å². The average Bonchev–Trinajstić information content (AvgIpc) is 3.80. The first-order valence-electron chi connectivity index (χ1n) is 17.9. The molecule has 15 heteroatoms. The van der Waals surface area contributed by atoms with E-state index in [-0.39, 0.29) is 57.1 Å². The molecule has 0 unspecified atom stereocenters. The first kappa shape index (κ1) is 36.8. The maximum atomic E-state index is 14.7. The second-order valence-corrected chi connectivity index (χ2v) is 14.6. The number of nitrogens with one attached hydrogen (secondary N) is 2. The quantitative estimate of drug-likeness (QED) is 0.179. The number of ether oxygens (including phenoxy) is 1. The summed E-state index contributed by atoms with van der Waals surface area (Å²) in [5.41, 5.74) is 3.38. The predicted molar refractivity (Wildman–Crippen MR) is 191 cm³/mol. The Hall–Kier alpha value is -5.02. The van der Waals surface area contributed by atoms with Gasteiger partial charge in [0.15, 0.2) is 0 Å². The van der Waals surface area contributed by atoms with Crippen LogP contribution < -0.4 is 16.4 Å². The van der Waals surface area contributed by atoms with Gasteiger partial charge in [0.1, 0.15) is 22.9 Å². The number of likely N-dealkylation sites (tertiary alicyclic amines) is 1. The zero-order chi connectivity index (χ0) is 37.0. The molecule has 15 nitrogen and oxygen atoms in total. The van der Waals surface area contributed by atoms with Crippen LogP contribution in [0, 0.1) is 5.92 Å². The number of nitrogens with two attached hydrogens (primary N) is 1. The van der Waals surface area contributed by atoms with Crippen molar-refractivity contribution in [2.45, 2.75) is 94.9 Å². The lowest BCUT2D eigenvalue weighted by Gasteiger charge is -2.37. The largest absolute Gasteiger partial charge is 0.384 e. The van der Waals surface area contributed by atoms with Crippen LogP contribution in [0.4, 0.5) is 10.5 Å². The number of hydrogen-bond acceptors (Lipinski definition) is 9. The van der Waals surface area contributed by atoms with Crippen molar-refractivity contribution in [2.75, 3.05) is 25.1 Å². The number of aromatic nitrogens is 3. The Bertz CT molecular complexity index is 1870. The van der Waals surface area contributed by atoms with Crippen molar-refractivity contribution in [3.8, 4) is 0 Å². The van der Waals surface area contributed by atoms with Crippen molar-refractivity contribution in [3.05, 3.63) is 54.4 Å². The number of carbonyl (C=O) groups is 5. The second kappa shape index (κ2) is 15.3. The number of urea groups is 1. The first-order valence-corrected chi connectivity index (χ1v) is 17.9. The summed E-state index contributed by atoms with van der Waals surface area (Å²) in [6.07, 6.45) is 6.59. The first-order chi connectivity index (χ1) is 24.8. The van der Waals surface area contributed by atoms with Gasteiger partial charge < -0.3 is 31.1 Å². The molecular weight excluding hydrogens is 668 g/mol. The third kappa shape index (κ3) is 8.05. The minimum Gasteiger partial charge on any atom is -0.384 e. The van der Waals surface area contributed by atoms with Gasteiger partial charge in [-0.3, -0.25) is 19.2 Å². The third-order valence-electron chi connectivity index (χ3n) is 10.4. The van der Waals surface area contributed by atoms with Crippen LogP contribution in [0.25, 0.3) is 10.8 Å². The number of ketones is 1. The van der Waals surface area contributed by atoms with Gasteiger partial charge >= 0.3 is 6.03 Å². The highest BCUT2D eigenvalue weighted by Crippen LogP contribution is 2.34. The minimum absolute atomic E-state index is 0.0129. The van der Waals surface area contributed by atoms with E-state index in [1.807, 2.05) is 36.4 Å². The maximum absolute atomic E-state index is 14.7. The number of rotatable bonds is 10. The topological polar surface area (TPSA) is 211 Å². The number of primary amides is 1. The van der Waals surface area contributed by atoms with Crippen molar-refractivity contribution in [2.24, 2.45) is 16.6 Å². The summed E-state index contributed by atoms with van der Waals surface area (Å²) in [5.74, 6) is -3.28. The van der Waals surface area contributed by atoms with Gasteiger partial charge in [0.25, 0.3) is 11.8 Å². The molecule has 3 heterocycles. The fourth-order valence-corrected chi connectivity index (χ4v) is 7.65. The summed E-state index contributed by atoms with van der Waals surface area (Å²) in [7, 11) is 0. The normalized spacial score (nSPS) is 21.1. The number of anilines is 1. The highest BCUT2D eigenvalue weighted by atomic mass is 16.5. The monoisotopic (exact) mass is 714 g/mol. The van der Waals surface area contributed by atoms with Crippen molar-refractivity contribution < 1.29 is 33.8 Å². The minimum atomic E-state index is -1.60. The predicted octanol–water partition coefficient (Wildman–Crippen LogP) is 3.16. The summed E-state index contributed by atoms with van der Waals surface area (Å²) in [6, 6.07) is 10.7. The van der Waals surface area contributed by atoms with Gasteiger partial charge in [-0.1, -0.05) is 67.6 Å². The molecule has 2 aliphatic heterocycles. The second-order valence-electron chi connectivity index (χ2n) is 14.6. The smallest absolute Gasteiger partial charge is 0.345 e. The van der Waals surface area contributed by atoms with Crippen LogP contribution in [-0.2, 0) is 29.5 Å². The summed E-state index contributed by atoms with van der Waals surface area (Å²) in [6.45, 7) is 3.37. The van der Waals surface area contributed by atoms with Gasteiger partial charge in [0.05, 0.1) is 17.9 Å². The van der Waals surface area contributed by atoms with Crippen LogP contribution in [0.15, 0.2) is 53.7 Å². The van der Waals surface area contributed by atoms with Crippen molar-refractivity contribution in [3.63, 3.8) is 0 Å². The number of aliphatic imine (C=N–C) groups is 1. The van der Waals surface area contributed by atoms with E-state index in [1.165, 1.54) is 15.8 Å². The van der Waals surface area contributed by atoms with Crippen LogP contribution in [-0.4, -0.2) is 91.6 Å². The van der Waals surface area contributed by atoms with Gasteiger partial charge in [0, 0.05) is 44.7 Å². The number of amides is 5. The van der Waals surface area contributed by atoms with Crippen LogP contribution in [0.1, 0.15) is 83.4 Å². The Morgan fingerprint density at radius 3 is 2.44 bits per heavy atom. The molecule has 1 aromatic heterocycles. The van der Waals surface area contributed by atoms with E-state index >= 15 is 0 Å². The average molecular weight is 715 g/mol. The zero-order valence-electron chi connectivity index (χ0n) is 29.5. The molecule has 3 aromatic rings. The van der Waals surface area contributed by atoms with Gasteiger partial charge in [-0.2, -0.15) is 4.99 Å². The molecule has 2 atom stereocenters. The third-order valence-corrected chi connectivity index (χ3v) is 10.4. The molecule has 3 aliphatic rings. The number of Topliss-reactive ketones (excluding diaryl/α,β-unsaturated/α-hetero) is 1. The summed E-state index contributed by atoms with van der Waals surface area (Å²) >= 11 is 0. The number of nitrogens with zero attached hydrogens (tertiary/aromatic N) is 5. The molecule has 2 aromatic carbocycles. The summed E-state index contributed by atoms with van der Waals surface area (Å²) in [5, 5.41) is 26.6. The number of benzene rings is 2. The van der Waals surface area contributed by atoms with Crippen LogP contribution in [0.2, 0.25) is 0 Å². The Labute approximate surface area is 301 Å². The molecule has 3 fully saturated rings. The Morgan fingerprint density at radius 1 is 1.04 bits per heavy atom. The fraction of sp³-hybridized carbons (Fsp3) is 0.514. The number of aliphatic hydroxyl groups is 1. The highest BCUT2D eigenvalue weighted by Gasteiger charge is 2.49. The Morgan fingerprint density at radius 2 is 1.75 bits per heavy atom. The molecule has 52 heavy (non-hydrogen) atoms. The maximum Gasteiger partial charge on any atom is 0.345 e. The molecule has 5 amide bonds. The molecule has 6 rings (SSSR count). The Kier molecular flexibility index (Phi) is 10.8. The molecule has 0 radical (unpaired) electrons. The summed E-state index contributed by atoms with van der Waals surface area (Å²) in [4.78, 5) is 73.4. The van der Waals surface area contributed by atoms with E-state index in [2.05, 4.69) is 25.9 Å². The summed E-state index contributed by atoms with van der Waals surface area (Å²) < 4.78 is 6.92. The lowest BCUT2D eigenvalue weighted by atomic mass is 9.84. The Balaban J connectivity index is 1.33. The molecule has 1 saturated carbocycles. The van der Waals surface area contributed by atoms with Gasteiger partial charge in [0.2, 0.25) is 11.7 Å². The number of hydrogen-bond donors (Lipinski definition) is 4. The molecule has 1 aliphatic carbocycles. The van der Waals surface area contributed by atoms with Gasteiger partial charge in [-0.15, -0.1) is 5.10 Å². The molecular formula is C37H46N8O7. The zero-order valence-corrected chi connectivity index (χ0v) is 29.5. The van der Waals surface area contributed by atoms with E-state index in [4.69, 9.17) is 10.5 Å². The van der Waals surface area contributed by atoms with E-state index in [0.29, 0.717) is 11.4 Å². The van der Waals surface area contributed by atoms with Crippen LogP contribution >= 0.6 is 0 Å². The van der Waals surface area contributed by atoms with E-state index < -0.39 is 52.8 Å². The van der Waals surface area contributed by atoms with Crippen molar-refractivity contribution in [1.29, 1.82) is 0 Å². The highest BCUT2D eigenvalue weighted by molar-refractivity contribution is 6.41. The molecule has 5 N–H and O–H groups in total. The van der Waals surface area contributed by atoms with Crippen LogP contribution in [0.3, 0.4) is 0 Å². The molecule has 0 spiro atoms. The SMILES string of the molecule is CC(C)(O)c1cnnn1[C@H]1C[C@@H](C(=O)NC2(C(=O)C(N)=O)CCOCC2)N(C(=O)/C(CC2CCCCC2)=N/C(=O)Nc2ccc3ccccc3c2)C1. The van der Waals surface area contributed by atoms with Gasteiger partial charge in [-0.25, -0.2) is 9.48 Å². The van der Waals surface area contributed by atoms with Crippen LogP contribution in [0.5, 0.6) is 0 Å². The lowest BCUT2D eigenvalue weighted by molar-refractivity contribution is -0.146.